The van der Waals surface area contributed by atoms with Crippen LogP contribution in [0.4, 0.5) is 0 Å². The molecule has 118 valence electrons. The van der Waals surface area contributed by atoms with Crippen LogP contribution < -0.4 is 0 Å². The molecule has 4 nitrogen and oxygen atoms in total. The van der Waals surface area contributed by atoms with Gasteiger partial charge < -0.3 is 9.64 Å². The van der Waals surface area contributed by atoms with Gasteiger partial charge in [0.2, 0.25) is 5.91 Å². The predicted molar refractivity (Wildman–Crippen MR) is 79.9 cm³/mol. The molecule has 3 unspecified atom stereocenters. The third-order valence-corrected chi connectivity index (χ3v) is 5.41. The van der Waals surface area contributed by atoms with E-state index in [0.29, 0.717) is 12.4 Å². The average molecular weight is 293 g/mol. The van der Waals surface area contributed by atoms with Crippen molar-refractivity contribution in [2.24, 2.45) is 11.8 Å². The van der Waals surface area contributed by atoms with E-state index in [-0.39, 0.29) is 23.8 Å². The summed E-state index contributed by atoms with van der Waals surface area (Å²) in [5.74, 6) is 0.772. The van der Waals surface area contributed by atoms with Crippen LogP contribution in [0.5, 0.6) is 0 Å². The minimum atomic E-state index is 0.0260. The maximum absolute atomic E-state index is 12.8. The van der Waals surface area contributed by atoms with Gasteiger partial charge in [-0.25, -0.2) is 0 Å². The summed E-state index contributed by atoms with van der Waals surface area (Å²) < 4.78 is 5.48. The van der Waals surface area contributed by atoms with Crippen molar-refractivity contribution in [1.82, 2.24) is 4.90 Å². The number of hydrogen-bond donors (Lipinski definition) is 0. The van der Waals surface area contributed by atoms with Crippen molar-refractivity contribution >= 4 is 11.7 Å². The summed E-state index contributed by atoms with van der Waals surface area (Å²) in [6, 6.07) is 0.168. The zero-order valence-corrected chi connectivity index (χ0v) is 12.9. The standard InChI is InChI=1S/C17H27NO3/c19-16-9-2-1-7-14(16)15-8-3-4-10-18(15)17(20)13-6-5-11-21-12-13/h13-15H,1-12H2. The Balaban J connectivity index is 1.71. The van der Waals surface area contributed by atoms with E-state index in [9.17, 15) is 9.59 Å². The van der Waals surface area contributed by atoms with E-state index in [0.717, 1.165) is 70.9 Å². The fourth-order valence-corrected chi connectivity index (χ4v) is 4.24. The molecule has 3 rings (SSSR count). The number of Topliss-reactive ketones (excluding diaryl/α,β-unsaturated/α-hetero) is 1. The summed E-state index contributed by atoms with van der Waals surface area (Å²) in [5.41, 5.74) is 0. The molecule has 4 heteroatoms. The van der Waals surface area contributed by atoms with Crippen molar-refractivity contribution < 1.29 is 14.3 Å². The molecule has 1 saturated carbocycles. The van der Waals surface area contributed by atoms with Crippen LogP contribution in [0.3, 0.4) is 0 Å². The Morgan fingerprint density at radius 1 is 1.05 bits per heavy atom. The third-order valence-electron chi connectivity index (χ3n) is 5.41. The highest BCUT2D eigenvalue weighted by atomic mass is 16.5. The number of ether oxygens (including phenoxy) is 1. The van der Waals surface area contributed by atoms with Gasteiger partial charge in [-0.3, -0.25) is 9.59 Å². The predicted octanol–water partition coefficient (Wildman–Crippen LogP) is 2.55. The highest BCUT2D eigenvalue weighted by Gasteiger charge is 2.39. The number of carbonyl (C=O) groups is 2. The largest absolute Gasteiger partial charge is 0.381 e. The summed E-state index contributed by atoms with van der Waals surface area (Å²) in [4.78, 5) is 27.2. The molecule has 0 radical (unpaired) electrons. The van der Waals surface area contributed by atoms with Gasteiger partial charge in [-0.2, -0.15) is 0 Å². The van der Waals surface area contributed by atoms with Crippen LogP contribution in [-0.4, -0.2) is 42.4 Å². The van der Waals surface area contributed by atoms with Crippen molar-refractivity contribution in [2.45, 2.75) is 63.8 Å². The number of rotatable bonds is 2. The molecule has 1 amide bonds. The normalized spacial score (nSPS) is 34.8. The van der Waals surface area contributed by atoms with Crippen LogP contribution in [0.1, 0.15) is 57.8 Å². The number of nitrogens with zero attached hydrogens (tertiary/aromatic N) is 1. The first-order valence-electron chi connectivity index (χ1n) is 8.68. The Kier molecular flexibility index (Phi) is 4.94. The summed E-state index contributed by atoms with van der Waals surface area (Å²) in [7, 11) is 0. The van der Waals surface area contributed by atoms with E-state index < -0.39 is 0 Å². The highest BCUT2D eigenvalue weighted by Crippen LogP contribution is 2.33. The fraction of sp³-hybridized carbons (Fsp3) is 0.882. The first-order valence-corrected chi connectivity index (χ1v) is 8.68. The molecule has 3 atom stereocenters. The van der Waals surface area contributed by atoms with Crippen molar-refractivity contribution in [3.8, 4) is 0 Å². The molecule has 0 N–H and O–H groups in total. The summed E-state index contributed by atoms with van der Waals surface area (Å²) in [5, 5.41) is 0. The van der Waals surface area contributed by atoms with E-state index in [1.807, 2.05) is 0 Å². The Bertz CT molecular complexity index is 389. The van der Waals surface area contributed by atoms with E-state index >= 15 is 0 Å². The molecule has 0 aromatic heterocycles. The lowest BCUT2D eigenvalue weighted by atomic mass is 9.78. The van der Waals surface area contributed by atoms with Crippen molar-refractivity contribution in [3.05, 3.63) is 0 Å². The zero-order chi connectivity index (χ0) is 14.7. The van der Waals surface area contributed by atoms with Gasteiger partial charge in [0.25, 0.3) is 0 Å². The Hall–Kier alpha value is -0.900. The summed E-state index contributed by atoms with van der Waals surface area (Å²) in [6.07, 6.45) is 9.04. The number of carbonyl (C=O) groups excluding carboxylic acids is 2. The Morgan fingerprint density at radius 3 is 2.67 bits per heavy atom. The van der Waals surface area contributed by atoms with Gasteiger partial charge in [0, 0.05) is 31.5 Å². The zero-order valence-electron chi connectivity index (χ0n) is 12.9. The minimum absolute atomic E-state index is 0.0260. The monoisotopic (exact) mass is 293 g/mol. The lowest BCUT2D eigenvalue weighted by Crippen LogP contribution is -2.52. The van der Waals surface area contributed by atoms with Gasteiger partial charge in [0.15, 0.2) is 0 Å². The Morgan fingerprint density at radius 2 is 1.90 bits per heavy atom. The quantitative estimate of drug-likeness (QED) is 0.786. The minimum Gasteiger partial charge on any atom is -0.381 e. The molecule has 2 aliphatic heterocycles. The summed E-state index contributed by atoms with van der Waals surface area (Å²) >= 11 is 0. The van der Waals surface area contributed by atoms with Crippen LogP contribution >= 0.6 is 0 Å². The lowest BCUT2D eigenvalue weighted by Gasteiger charge is -2.43. The maximum atomic E-state index is 12.8. The van der Waals surface area contributed by atoms with Gasteiger partial charge in [0.1, 0.15) is 5.78 Å². The molecule has 21 heavy (non-hydrogen) atoms. The third kappa shape index (κ3) is 3.31. The highest BCUT2D eigenvalue weighted by molar-refractivity contribution is 5.84. The maximum Gasteiger partial charge on any atom is 0.228 e. The first kappa shape index (κ1) is 15.0. The van der Waals surface area contributed by atoms with Gasteiger partial charge in [-0.15, -0.1) is 0 Å². The van der Waals surface area contributed by atoms with Crippen molar-refractivity contribution in [1.29, 1.82) is 0 Å². The molecule has 2 saturated heterocycles. The number of hydrogen-bond acceptors (Lipinski definition) is 3. The molecule has 3 fully saturated rings. The second kappa shape index (κ2) is 6.91. The van der Waals surface area contributed by atoms with Crippen LogP contribution in [0.25, 0.3) is 0 Å². The van der Waals surface area contributed by atoms with Crippen LogP contribution in [0.15, 0.2) is 0 Å². The average Bonchev–Trinajstić information content (AvgIpc) is 2.55. The van der Waals surface area contributed by atoms with E-state index in [4.69, 9.17) is 4.74 Å². The van der Waals surface area contributed by atoms with E-state index in [2.05, 4.69) is 4.90 Å². The molecule has 1 aliphatic carbocycles. The number of ketones is 1. The SMILES string of the molecule is O=C1CCCCC1C1CCCCN1C(=O)C1CCCOC1. The molecule has 0 spiro atoms. The van der Waals surface area contributed by atoms with Gasteiger partial charge in [0.05, 0.1) is 12.5 Å². The fourth-order valence-electron chi connectivity index (χ4n) is 4.24. The van der Waals surface area contributed by atoms with Crippen molar-refractivity contribution in [3.63, 3.8) is 0 Å². The van der Waals surface area contributed by atoms with Crippen molar-refractivity contribution in [2.75, 3.05) is 19.8 Å². The van der Waals surface area contributed by atoms with Crippen LogP contribution in [-0.2, 0) is 14.3 Å². The molecular weight excluding hydrogens is 266 g/mol. The second-order valence-electron chi connectivity index (χ2n) is 6.83. The van der Waals surface area contributed by atoms with Gasteiger partial charge in [-0.1, -0.05) is 6.42 Å². The molecule has 0 aromatic rings. The number of piperidine rings is 1. The molecule has 0 bridgehead atoms. The van der Waals surface area contributed by atoms with E-state index in [1.54, 1.807) is 0 Å². The van der Waals surface area contributed by atoms with E-state index in [1.165, 1.54) is 0 Å². The summed E-state index contributed by atoms with van der Waals surface area (Å²) in [6.45, 7) is 2.19. The lowest BCUT2D eigenvalue weighted by molar-refractivity contribution is -0.146. The van der Waals surface area contributed by atoms with Crippen LogP contribution in [0.2, 0.25) is 0 Å². The van der Waals surface area contributed by atoms with Gasteiger partial charge in [-0.05, 0) is 44.9 Å². The number of amides is 1. The number of likely N-dealkylation sites (tertiary alicyclic amines) is 1. The topological polar surface area (TPSA) is 46.6 Å². The molecular formula is C17H27NO3. The second-order valence-corrected chi connectivity index (χ2v) is 6.83. The molecule has 2 heterocycles. The molecule has 3 aliphatic rings. The van der Waals surface area contributed by atoms with Gasteiger partial charge >= 0.3 is 0 Å². The van der Waals surface area contributed by atoms with Crippen LogP contribution in [0, 0.1) is 11.8 Å². The smallest absolute Gasteiger partial charge is 0.228 e. The Labute approximate surface area is 127 Å². The first-order chi connectivity index (χ1) is 10.3. The molecule has 0 aromatic carbocycles.